The number of halogens is 3. The van der Waals surface area contributed by atoms with Crippen LogP contribution < -0.4 is 25.4 Å². The van der Waals surface area contributed by atoms with Crippen LogP contribution in [0.5, 0.6) is 11.5 Å². The van der Waals surface area contributed by atoms with Gasteiger partial charge in [0.25, 0.3) is 0 Å². The second kappa shape index (κ2) is 13.5. The molecule has 3 atom stereocenters. The minimum Gasteiger partial charge on any atom is -0.494 e. The molecular weight excluding hydrogens is 598 g/mol. The van der Waals surface area contributed by atoms with Crippen molar-refractivity contribution in [2.45, 2.75) is 44.6 Å². The number of hydrogen-bond donors (Lipinski definition) is 4. The largest absolute Gasteiger partial charge is 0.494 e. The van der Waals surface area contributed by atoms with Crippen molar-refractivity contribution in [3.8, 4) is 11.5 Å². The number of carbonyl (C=O) groups is 2. The van der Waals surface area contributed by atoms with E-state index in [0.29, 0.717) is 52.1 Å². The third kappa shape index (κ3) is 6.72. The Bertz CT molecular complexity index is 1490. The van der Waals surface area contributed by atoms with E-state index in [4.69, 9.17) is 37.8 Å². The maximum absolute atomic E-state index is 15.0. The van der Waals surface area contributed by atoms with E-state index in [0.717, 1.165) is 6.42 Å². The molecule has 2 aromatic carbocycles. The highest BCUT2D eigenvalue weighted by Gasteiger charge is 2.62. The number of hydrogen-bond acceptors (Lipinski definition) is 7. The molecule has 1 fully saturated rings. The van der Waals surface area contributed by atoms with Crippen molar-refractivity contribution in [3.05, 3.63) is 75.8 Å². The molecule has 1 spiro atoms. The summed E-state index contributed by atoms with van der Waals surface area (Å²) in [5, 5.41) is 18.0. The van der Waals surface area contributed by atoms with Crippen LogP contribution in [0.3, 0.4) is 0 Å². The Hall–Kier alpha value is -3.44. The van der Waals surface area contributed by atoms with Crippen molar-refractivity contribution in [2.75, 3.05) is 37.5 Å². The molecule has 5 rings (SSSR count). The molecule has 1 saturated heterocycles. The highest BCUT2D eigenvalue weighted by atomic mass is 35.5. The van der Waals surface area contributed by atoms with Crippen LogP contribution in [0.15, 0.2) is 48.7 Å². The summed E-state index contributed by atoms with van der Waals surface area (Å²) < 4.78 is 25.2. The standard InChI is InChI=1S/C21H22Cl2FN3O.C10H13NO4/c1-20(2,3)8-16-21(18-15(27-19(21)28)7-11(22)9-26-18)13(10-25-16)12-5-4-6-14(23)17(12)24;1-14-10-6-8(15-5-4-12)2-3-9(10)11-7-13/h4-7,9,13,16,25H,8,10H2,1-3H3,(H,27,28);2-3,6-7,12H,4-5H2,1H3,(H,11,13)/t13?,16?,21-;/m0./s1. The Morgan fingerprint density at radius 2 is 2.00 bits per heavy atom. The maximum atomic E-state index is 15.0. The van der Waals surface area contributed by atoms with E-state index in [1.165, 1.54) is 13.2 Å². The Kier molecular flexibility index (Phi) is 10.2. The van der Waals surface area contributed by atoms with Crippen molar-refractivity contribution in [2.24, 2.45) is 5.41 Å². The molecule has 3 heterocycles. The normalized spacial score (nSPS) is 20.6. The number of aliphatic hydroxyl groups excluding tert-OH is 1. The van der Waals surface area contributed by atoms with E-state index in [1.54, 1.807) is 42.6 Å². The minimum absolute atomic E-state index is 0.0398. The SMILES string of the molecule is CC(C)(C)CC1NCC(c2cccc(Cl)c2F)[C@]12C(=O)Nc1cc(Cl)cnc12.COc1cc(OCCO)ccc1NC=O. The highest BCUT2D eigenvalue weighted by Crippen LogP contribution is 2.54. The Morgan fingerprint density at radius 1 is 1.23 bits per heavy atom. The lowest BCUT2D eigenvalue weighted by Gasteiger charge is -2.36. The Labute approximate surface area is 260 Å². The second-order valence-corrected chi connectivity index (χ2v) is 12.3. The summed E-state index contributed by atoms with van der Waals surface area (Å²) in [6, 6.07) is 11.4. The second-order valence-electron chi connectivity index (χ2n) is 11.5. The van der Waals surface area contributed by atoms with Crippen molar-refractivity contribution in [1.29, 1.82) is 0 Å². The molecule has 3 aromatic rings. The summed E-state index contributed by atoms with van der Waals surface area (Å²) in [5.74, 6) is -0.00813. The van der Waals surface area contributed by atoms with Gasteiger partial charge in [-0.1, -0.05) is 56.1 Å². The number of anilines is 2. The lowest BCUT2D eigenvalue weighted by molar-refractivity contribution is -0.122. The molecule has 0 radical (unpaired) electrons. The molecule has 9 nitrogen and oxygen atoms in total. The van der Waals surface area contributed by atoms with Crippen LogP contribution in [0.2, 0.25) is 10.0 Å². The van der Waals surface area contributed by atoms with Crippen LogP contribution >= 0.6 is 23.2 Å². The van der Waals surface area contributed by atoms with E-state index in [2.05, 4.69) is 41.7 Å². The van der Waals surface area contributed by atoms with Crippen LogP contribution in [0.25, 0.3) is 0 Å². The van der Waals surface area contributed by atoms with Gasteiger partial charge in [0, 0.05) is 30.8 Å². The van der Waals surface area contributed by atoms with Crippen LogP contribution in [0.4, 0.5) is 15.8 Å². The monoisotopic (exact) mass is 632 g/mol. The number of nitrogens with one attached hydrogen (secondary N) is 3. The van der Waals surface area contributed by atoms with E-state index in [9.17, 15) is 14.0 Å². The average molecular weight is 634 g/mol. The van der Waals surface area contributed by atoms with Crippen molar-refractivity contribution in [1.82, 2.24) is 10.3 Å². The zero-order valence-corrected chi connectivity index (χ0v) is 25.9. The average Bonchev–Trinajstić information content (AvgIpc) is 3.46. The molecule has 12 heteroatoms. The number of ether oxygens (including phenoxy) is 2. The number of aliphatic hydroxyl groups is 1. The lowest BCUT2D eigenvalue weighted by Crippen LogP contribution is -2.50. The molecule has 2 aliphatic heterocycles. The molecular formula is C31H35Cl2FN4O5. The molecule has 0 bridgehead atoms. The van der Waals surface area contributed by atoms with Crippen molar-refractivity contribution in [3.63, 3.8) is 0 Å². The first-order chi connectivity index (χ1) is 20.5. The quantitative estimate of drug-likeness (QED) is 0.240. The summed E-state index contributed by atoms with van der Waals surface area (Å²) in [6.45, 7) is 7.01. The van der Waals surface area contributed by atoms with E-state index in [-0.39, 0.29) is 35.6 Å². The van der Waals surface area contributed by atoms with Gasteiger partial charge in [-0.25, -0.2) is 4.39 Å². The van der Waals surface area contributed by atoms with Crippen molar-refractivity contribution < 1.29 is 28.6 Å². The van der Waals surface area contributed by atoms with Gasteiger partial charge >= 0.3 is 0 Å². The molecule has 2 aliphatic rings. The predicted octanol–water partition coefficient (Wildman–Crippen LogP) is 5.54. The van der Waals surface area contributed by atoms with Gasteiger partial charge in [0.2, 0.25) is 12.3 Å². The molecule has 0 saturated carbocycles. The number of pyridine rings is 1. The number of fused-ring (bicyclic) bond motifs is 2. The maximum Gasteiger partial charge on any atom is 0.239 e. The molecule has 4 N–H and O–H groups in total. The number of carbonyl (C=O) groups excluding carboxylic acids is 2. The third-order valence-electron chi connectivity index (χ3n) is 7.46. The number of aromatic nitrogens is 1. The number of benzene rings is 2. The van der Waals surface area contributed by atoms with Gasteiger partial charge in [0.1, 0.15) is 29.3 Å². The highest BCUT2D eigenvalue weighted by molar-refractivity contribution is 6.31. The molecule has 2 amide bonds. The summed E-state index contributed by atoms with van der Waals surface area (Å²) in [4.78, 5) is 28.3. The van der Waals surface area contributed by atoms with Gasteiger partial charge in [-0.15, -0.1) is 0 Å². The first kappa shape index (κ1) is 32.5. The Morgan fingerprint density at radius 3 is 2.67 bits per heavy atom. The summed E-state index contributed by atoms with van der Waals surface area (Å²) in [6.07, 6.45) is 2.84. The fraction of sp³-hybridized carbons (Fsp3) is 0.387. The van der Waals surface area contributed by atoms with Crippen molar-refractivity contribution >= 4 is 46.9 Å². The van der Waals surface area contributed by atoms with Crippen LogP contribution in [-0.4, -0.2) is 55.3 Å². The first-order valence-electron chi connectivity index (χ1n) is 13.7. The summed E-state index contributed by atoms with van der Waals surface area (Å²) in [7, 11) is 1.50. The third-order valence-corrected chi connectivity index (χ3v) is 7.96. The van der Waals surface area contributed by atoms with Gasteiger partial charge in [-0.05, 0) is 41.7 Å². The van der Waals surface area contributed by atoms with Gasteiger partial charge in [-0.3, -0.25) is 14.6 Å². The van der Waals surface area contributed by atoms with Gasteiger partial charge in [0.05, 0.1) is 40.8 Å². The summed E-state index contributed by atoms with van der Waals surface area (Å²) >= 11 is 12.2. The number of nitrogens with zero attached hydrogens (tertiary/aromatic N) is 1. The number of methoxy groups -OCH3 is 1. The first-order valence-corrected chi connectivity index (χ1v) is 14.5. The fourth-order valence-corrected chi connectivity index (χ4v) is 6.11. The van der Waals surface area contributed by atoms with Gasteiger partial charge in [0.15, 0.2) is 0 Å². The van der Waals surface area contributed by atoms with Crippen LogP contribution in [-0.2, 0) is 15.0 Å². The predicted molar refractivity (Wildman–Crippen MR) is 165 cm³/mol. The van der Waals surface area contributed by atoms with E-state index in [1.807, 2.05) is 0 Å². The van der Waals surface area contributed by atoms with Crippen LogP contribution in [0, 0.1) is 11.2 Å². The lowest BCUT2D eigenvalue weighted by atomic mass is 9.65. The number of rotatable bonds is 8. The molecule has 1 aromatic heterocycles. The smallest absolute Gasteiger partial charge is 0.239 e. The molecule has 2 unspecified atom stereocenters. The zero-order valence-electron chi connectivity index (χ0n) is 24.3. The van der Waals surface area contributed by atoms with Crippen LogP contribution in [0.1, 0.15) is 44.4 Å². The van der Waals surface area contributed by atoms with Gasteiger partial charge in [-0.2, -0.15) is 0 Å². The topological polar surface area (TPSA) is 122 Å². The molecule has 0 aliphatic carbocycles. The minimum atomic E-state index is -1.03. The fourth-order valence-electron chi connectivity index (χ4n) is 5.77. The summed E-state index contributed by atoms with van der Waals surface area (Å²) in [5.41, 5.74) is 1.14. The zero-order chi connectivity index (χ0) is 31.4. The molecule has 230 valence electrons. The van der Waals surface area contributed by atoms with Gasteiger partial charge < -0.3 is 30.5 Å². The Balaban J connectivity index is 0.000000239. The number of amides is 2. The van der Waals surface area contributed by atoms with E-state index < -0.39 is 17.2 Å². The molecule has 43 heavy (non-hydrogen) atoms. The van der Waals surface area contributed by atoms with E-state index >= 15 is 0 Å².